The molecular weight excluding hydrogens is 254 g/mol. The Hall–Kier alpha value is -2.49. The van der Waals surface area contributed by atoms with Crippen molar-refractivity contribution in [2.24, 2.45) is 0 Å². The van der Waals surface area contributed by atoms with Crippen LogP contribution in [-0.4, -0.2) is 24.3 Å². The molecule has 0 aliphatic heterocycles. The van der Waals surface area contributed by atoms with Crippen LogP contribution >= 0.6 is 0 Å². The Morgan fingerprint density at radius 2 is 2.05 bits per heavy atom. The number of methoxy groups -OCH3 is 2. The molecule has 0 fully saturated rings. The zero-order valence-electron chi connectivity index (χ0n) is 11.5. The monoisotopic (exact) mass is 271 g/mol. The standard InChI is InChI=1S/C16H17NO3/c1-19-13-7-9-16(20-2)12(11-13)6-8-15(18)14-5-3-4-10-17-14/h3-5,7-11,18H,6H2,1-2H3. The van der Waals surface area contributed by atoms with Crippen molar-refractivity contribution in [3.8, 4) is 11.5 Å². The number of aliphatic hydroxyl groups excluding tert-OH is 1. The second-order valence-electron chi connectivity index (χ2n) is 4.19. The summed E-state index contributed by atoms with van der Waals surface area (Å²) in [7, 11) is 3.24. The van der Waals surface area contributed by atoms with Crippen LogP contribution in [0.5, 0.6) is 11.5 Å². The molecule has 2 rings (SSSR count). The Morgan fingerprint density at radius 3 is 2.70 bits per heavy atom. The minimum atomic E-state index is 0.149. The molecular formula is C16H17NO3. The first-order chi connectivity index (χ1) is 9.74. The van der Waals surface area contributed by atoms with Crippen molar-refractivity contribution in [3.63, 3.8) is 0 Å². The fourth-order valence-corrected chi connectivity index (χ4v) is 1.87. The summed E-state index contributed by atoms with van der Waals surface area (Å²) in [6.45, 7) is 0. The highest BCUT2D eigenvalue weighted by Gasteiger charge is 2.05. The van der Waals surface area contributed by atoms with Crippen LogP contribution in [0.3, 0.4) is 0 Å². The van der Waals surface area contributed by atoms with Crippen molar-refractivity contribution in [1.82, 2.24) is 4.98 Å². The molecule has 0 aliphatic carbocycles. The molecule has 1 heterocycles. The number of rotatable bonds is 5. The summed E-state index contributed by atoms with van der Waals surface area (Å²) < 4.78 is 10.5. The zero-order valence-corrected chi connectivity index (χ0v) is 11.5. The summed E-state index contributed by atoms with van der Waals surface area (Å²) in [6.07, 6.45) is 3.88. The van der Waals surface area contributed by atoms with E-state index in [0.29, 0.717) is 12.1 Å². The second-order valence-corrected chi connectivity index (χ2v) is 4.19. The summed E-state index contributed by atoms with van der Waals surface area (Å²) in [5, 5.41) is 10.00. The SMILES string of the molecule is COc1ccc(OC)c(CC=C(O)c2ccccn2)c1. The normalized spacial score (nSPS) is 11.2. The highest BCUT2D eigenvalue weighted by Crippen LogP contribution is 2.25. The molecule has 0 radical (unpaired) electrons. The third-order valence-corrected chi connectivity index (χ3v) is 2.93. The lowest BCUT2D eigenvalue weighted by Crippen LogP contribution is -1.94. The molecule has 0 aliphatic rings. The van der Waals surface area contributed by atoms with Gasteiger partial charge in [0.1, 0.15) is 23.0 Å². The molecule has 1 aromatic carbocycles. The Balaban J connectivity index is 2.21. The average molecular weight is 271 g/mol. The number of ether oxygens (including phenoxy) is 2. The van der Waals surface area contributed by atoms with Crippen molar-refractivity contribution < 1.29 is 14.6 Å². The molecule has 0 amide bonds. The predicted molar refractivity (Wildman–Crippen MR) is 78.1 cm³/mol. The van der Waals surface area contributed by atoms with Crippen molar-refractivity contribution in [1.29, 1.82) is 0 Å². The van der Waals surface area contributed by atoms with E-state index in [1.54, 1.807) is 32.6 Å². The fourth-order valence-electron chi connectivity index (χ4n) is 1.87. The van der Waals surface area contributed by atoms with Gasteiger partial charge in [0.25, 0.3) is 0 Å². The predicted octanol–water partition coefficient (Wildman–Crippen LogP) is 3.24. The van der Waals surface area contributed by atoms with Crippen molar-refractivity contribution in [3.05, 3.63) is 59.9 Å². The summed E-state index contributed by atoms with van der Waals surface area (Å²) in [6, 6.07) is 11.0. The number of allylic oxidation sites excluding steroid dienone is 1. The Bertz CT molecular complexity index is 594. The summed E-state index contributed by atoms with van der Waals surface area (Å²) in [4.78, 5) is 4.09. The maximum absolute atomic E-state index is 10.00. The van der Waals surface area contributed by atoms with Gasteiger partial charge in [-0.3, -0.25) is 4.98 Å². The Labute approximate surface area is 118 Å². The molecule has 0 atom stereocenters. The van der Waals surface area contributed by atoms with Crippen LogP contribution < -0.4 is 9.47 Å². The highest BCUT2D eigenvalue weighted by atomic mass is 16.5. The number of hydrogen-bond acceptors (Lipinski definition) is 4. The van der Waals surface area contributed by atoms with E-state index in [9.17, 15) is 5.11 Å². The minimum Gasteiger partial charge on any atom is -0.506 e. The van der Waals surface area contributed by atoms with Crippen LogP contribution in [0.1, 0.15) is 11.3 Å². The second kappa shape index (κ2) is 6.61. The van der Waals surface area contributed by atoms with Gasteiger partial charge in [0, 0.05) is 11.8 Å². The number of aromatic nitrogens is 1. The molecule has 0 bridgehead atoms. The largest absolute Gasteiger partial charge is 0.506 e. The van der Waals surface area contributed by atoms with Gasteiger partial charge in [0.15, 0.2) is 0 Å². The molecule has 0 unspecified atom stereocenters. The smallest absolute Gasteiger partial charge is 0.137 e. The fraction of sp³-hybridized carbons (Fsp3) is 0.188. The molecule has 1 N–H and O–H groups in total. The van der Waals surface area contributed by atoms with Gasteiger partial charge in [0.05, 0.1) is 14.2 Å². The van der Waals surface area contributed by atoms with E-state index in [4.69, 9.17) is 9.47 Å². The lowest BCUT2D eigenvalue weighted by molar-refractivity contribution is 0.399. The van der Waals surface area contributed by atoms with Gasteiger partial charge >= 0.3 is 0 Å². The van der Waals surface area contributed by atoms with E-state index in [1.165, 1.54) is 0 Å². The van der Waals surface area contributed by atoms with E-state index >= 15 is 0 Å². The molecule has 2 aromatic rings. The lowest BCUT2D eigenvalue weighted by Gasteiger charge is -2.09. The zero-order chi connectivity index (χ0) is 14.4. The molecule has 4 nitrogen and oxygen atoms in total. The first-order valence-corrected chi connectivity index (χ1v) is 6.26. The number of pyridine rings is 1. The maximum atomic E-state index is 10.00. The molecule has 0 spiro atoms. The summed E-state index contributed by atoms with van der Waals surface area (Å²) in [5.74, 6) is 1.66. The molecule has 0 saturated heterocycles. The van der Waals surface area contributed by atoms with Gasteiger partial charge in [0.2, 0.25) is 0 Å². The Kier molecular flexibility index (Phi) is 4.60. The van der Waals surface area contributed by atoms with Crippen LogP contribution in [-0.2, 0) is 6.42 Å². The third kappa shape index (κ3) is 3.29. The molecule has 104 valence electrons. The van der Waals surface area contributed by atoms with Gasteiger partial charge in [-0.2, -0.15) is 0 Å². The number of aliphatic hydroxyl groups is 1. The summed E-state index contributed by atoms with van der Waals surface area (Å²) >= 11 is 0. The van der Waals surface area contributed by atoms with Gasteiger partial charge in [-0.25, -0.2) is 0 Å². The van der Waals surface area contributed by atoms with Crippen LogP contribution in [0.4, 0.5) is 0 Å². The van der Waals surface area contributed by atoms with Crippen LogP contribution in [0, 0.1) is 0 Å². The minimum absolute atomic E-state index is 0.149. The molecule has 20 heavy (non-hydrogen) atoms. The van der Waals surface area contributed by atoms with Gasteiger partial charge < -0.3 is 14.6 Å². The summed E-state index contributed by atoms with van der Waals surface area (Å²) in [5.41, 5.74) is 1.49. The molecule has 4 heteroatoms. The van der Waals surface area contributed by atoms with Crippen molar-refractivity contribution in [2.45, 2.75) is 6.42 Å². The van der Waals surface area contributed by atoms with Gasteiger partial charge in [-0.05, 0) is 42.8 Å². The van der Waals surface area contributed by atoms with Crippen molar-refractivity contribution >= 4 is 5.76 Å². The quantitative estimate of drug-likeness (QED) is 0.848. The Morgan fingerprint density at radius 1 is 1.20 bits per heavy atom. The number of nitrogens with zero attached hydrogens (tertiary/aromatic N) is 1. The molecule has 0 saturated carbocycles. The van der Waals surface area contributed by atoms with Crippen molar-refractivity contribution in [2.75, 3.05) is 14.2 Å². The van der Waals surface area contributed by atoms with E-state index in [2.05, 4.69) is 4.98 Å². The van der Waals surface area contributed by atoms with Gasteiger partial charge in [-0.1, -0.05) is 6.07 Å². The van der Waals surface area contributed by atoms with Crippen LogP contribution in [0.2, 0.25) is 0 Å². The average Bonchev–Trinajstić information content (AvgIpc) is 2.53. The highest BCUT2D eigenvalue weighted by molar-refractivity contribution is 5.55. The maximum Gasteiger partial charge on any atom is 0.137 e. The molecule has 1 aromatic heterocycles. The van der Waals surface area contributed by atoms with E-state index in [-0.39, 0.29) is 5.76 Å². The topological polar surface area (TPSA) is 51.6 Å². The van der Waals surface area contributed by atoms with Crippen LogP contribution in [0.15, 0.2) is 48.7 Å². The first kappa shape index (κ1) is 13.9. The number of benzene rings is 1. The third-order valence-electron chi connectivity index (χ3n) is 2.93. The van der Waals surface area contributed by atoms with E-state index in [0.717, 1.165) is 17.1 Å². The van der Waals surface area contributed by atoms with E-state index in [1.807, 2.05) is 30.3 Å². The van der Waals surface area contributed by atoms with Gasteiger partial charge in [-0.15, -0.1) is 0 Å². The lowest BCUT2D eigenvalue weighted by atomic mass is 10.1. The van der Waals surface area contributed by atoms with E-state index < -0.39 is 0 Å². The first-order valence-electron chi connectivity index (χ1n) is 6.26. The van der Waals surface area contributed by atoms with Crippen LogP contribution in [0.25, 0.3) is 5.76 Å². The number of hydrogen-bond donors (Lipinski definition) is 1.